The maximum atomic E-state index is 11.3. The van der Waals surface area contributed by atoms with Crippen LogP contribution in [0.5, 0.6) is 0 Å². The number of hydrogen-bond acceptors (Lipinski definition) is 9. The van der Waals surface area contributed by atoms with Crippen LogP contribution in [0.15, 0.2) is 21.9 Å². The van der Waals surface area contributed by atoms with Crippen molar-refractivity contribution in [1.82, 2.24) is 0 Å². The van der Waals surface area contributed by atoms with E-state index in [1.54, 1.807) is 0 Å². The van der Waals surface area contributed by atoms with Gasteiger partial charge >= 0.3 is 49.7 Å². The molecule has 1 aliphatic heterocycles. The van der Waals surface area contributed by atoms with E-state index in [1.807, 2.05) is 0 Å². The third-order valence-corrected chi connectivity index (χ3v) is 4.02. The van der Waals surface area contributed by atoms with E-state index in [2.05, 4.69) is 4.74 Å². The van der Waals surface area contributed by atoms with Crippen molar-refractivity contribution in [2.24, 2.45) is 0 Å². The molecule has 0 radical (unpaired) electrons. The fourth-order valence-corrected chi connectivity index (χ4v) is 2.91. The molecule has 0 aliphatic carbocycles. The normalized spacial score (nSPS) is 13.8. The minimum absolute atomic E-state index is 0. The molecule has 0 atom stereocenters. The molecule has 2 rings (SSSR count). The largest absolute Gasteiger partial charge is 1.00 e. The van der Waals surface area contributed by atoms with Gasteiger partial charge < -0.3 is 13.8 Å². The summed E-state index contributed by atoms with van der Waals surface area (Å²) in [5.41, 5.74) is -2.06. The summed E-state index contributed by atoms with van der Waals surface area (Å²) in [6.45, 7) is 0. The van der Waals surface area contributed by atoms with Crippen molar-refractivity contribution in [3.8, 4) is 0 Å². The van der Waals surface area contributed by atoms with E-state index in [4.69, 9.17) is 0 Å². The topological polar surface area (TPSA) is 158 Å². The molecule has 0 amide bonds. The van der Waals surface area contributed by atoms with Crippen molar-refractivity contribution in [1.29, 1.82) is 0 Å². The van der Waals surface area contributed by atoms with Crippen LogP contribution in [0.1, 0.15) is 20.7 Å². The van der Waals surface area contributed by atoms with Crippen molar-refractivity contribution >= 4 is 32.2 Å². The summed E-state index contributed by atoms with van der Waals surface area (Å²) in [7, 11) is -10.3. The van der Waals surface area contributed by atoms with Crippen LogP contribution in [0.3, 0.4) is 0 Å². The molecule has 1 aliphatic rings. The quantitative estimate of drug-likeness (QED) is 0.223. The second kappa shape index (κ2) is 6.24. The van der Waals surface area contributed by atoms with Crippen LogP contribution in [-0.2, 0) is 25.0 Å². The smallest absolute Gasteiger partial charge is 0.744 e. The molecule has 0 unspecified atom stereocenters. The first-order valence-corrected chi connectivity index (χ1v) is 7.20. The summed E-state index contributed by atoms with van der Waals surface area (Å²) < 4.78 is 69.4. The minimum Gasteiger partial charge on any atom is -0.744 e. The Morgan fingerprint density at radius 2 is 1.05 bits per heavy atom. The van der Waals surface area contributed by atoms with Gasteiger partial charge in [0, 0.05) is 0 Å². The first-order valence-electron chi connectivity index (χ1n) is 4.39. The second-order valence-electron chi connectivity index (χ2n) is 3.40. The molecule has 0 fully saturated rings. The van der Waals surface area contributed by atoms with Gasteiger partial charge in [-0.3, -0.25) is 0 Å². The van der Waals surface area contributed by atoms with Crippen LogP contribution < -0.4 is 37.7 Å². The zero-order valence-corrected chi connectivity index (χ0v) is 12.3. The summed E-state index contributed by atoms with van der Waals surface area (Å²) in [6, 6.07) is 0.928. The SMILES string of the molecule is O=C1OC(=O)c2c(S(=O)(=O)[O-])ccc(S(=O)(=O)[O-])c21.[Li+].[Li+]. The number of esters is 2. The number of ether oxygens (including phenoxy) is 1. The van der Waals surface area contributed by atoms with Gasteiger partial charge in [-0.2, -0.15) is 0 Å². The molecule has 0 saturated heterocycles. The predicted octanol–water partition coefficient (Wildman–Crippen LogP) is -7.19. The molecule has 0 aromatic heterocycles. The van der Waals surface area contributed by atoms with E-state index in [1.165, 1.54) is 0 Å². The summed E-state index contributed by atoms with van der Waals surface area (Å²) in [6.07, 6.45) is 0. The number of cyclic esters (lactones) is 2. The maximum Gasteiger partial charge on any atom is 1.00 e. The molecule has 0 saturated carbocycles. The number of carbonyl (C=O) groups excluding carboxylic acids is 2. The molecule has 9 nitrogen and oxygen atoms in total. The van der Waals surface area contributed by atoms with Crippen LogP contribution >= 0.6 is 0 Å². The maximum absolute atomic E-state index is 11.3. The van der Waals surface area contributed by atoms with E-state index >= 15 is 0 Å². The zero-order chi connectivity index (χ0) is 14.6. The number of fused-ring (bicyclic) bond motifs is 1. The first-order chi connectivity index (χ1) is 8.53. The van der Waals surface area contributed by atoms with Gasteiger partial charge in [0.25, 0.3) is 0 Å². The monoisotopic (exact) mass is 320 g/mol. The standard InChI is InChI=1S/C8H4O9S2.2Li/c9-7-5-3(18(11,12)13)1-2-4(19(14,15)16)6(5)8(10)17-7;;/h1-2H,(H,11,12,13)(H,14,15,16);;/q;2*+1/p-2. The van der Waals surface area contributed by atoms with Crippen molar-refractivity contribution in [3.05, 3.63) is 23.3 Å². The molecule has 102 valence electrons. The van der Waals surface area contributed by atoms with E-state index in [-0.39, 0.29) is 37.7 Å². The van der Waals surface area contributed by atoms with Gasteiger partial charge in [0.15, 0.2) is 0 Å². The average Bonchev–Trinajstić information content (AvgIpc) is 2.51. The van der Waals surface area contributed by atoms with Crippen molar-refractivity contribution < 1.29 is 78.0 Å². The molecular weight excluding hydrogens is 318 g/mol. The number of rotatable bonds is 2. The van der Waals surface area contributed by atoms with Gasteiger partial charge in [-0.25, -0.2) is 26.4 Å². The molecule has 13 heteroatoms. The Morgan fingerprint density at radius 3 is 1.29 bits per heavy atom. The molecule has 1 aromatic carbocycles. The van der Waals surface area contributed by atoms with Gasteiger partial charge in [-0.15, -0.1) is 0 Å². The fraction of sp³-hybridized carbons (Fsp3) is 0. The molecule has 21 heavy (non-hydrogen) atoms. The molecule has 1 aromatic rings. The van der Waals surface area contributed by atoms with Crippen LogP contribution in [0.2, 0.25) is 0 Å². The second-order valence-corrected chi connectivity index (χ2v) is 6.09. The van der Waals surface area contributed by atoms with E-state index in [9.17, 15) is 35.5 Å². The van der Waals surface area contributed by atoms with Gasteiger partial charge in [0.05, 0.1) is 20.9 Å². The summed E-state index contributed by atoms with van der Waals surface area (Å²) in [4.78, 5) is 20.3. The zero-order valence-electron chi connectivity index (χ0n) is 10.6. The molecule has 0 spiro atoms. The number of carbonyl (C=O) groups is 2. The third kappa shape index (κ3) is 3.59. The number of hydrogen-bond donors (Lipinski definition) is 0. The summed E-state index contributed by atoms with van der Waals surface area (Å²) >= 11 is 0. The van der Waals surface area contributed by atoms with Crippen LogP contribution in [0.25, 0.3) is 0 Å². The van der Waals surface area contributed by atoms with Gasteiger partial charge in [0.1, 0.15) is 20.2 Å². The first kappa shape index (κ1) is 20.4. The van der Waals surface area contributed by atoms with Gasteiger partial charge in [-0.1, -0.05) is 0 Å². The van der Waals surface area contributed by atoms with Crippen molar-refractivity contribution in [3.63, 3.8) is 0 Å². The van der Waals surface area contributed by atoms with Gasteiger partial charge in [-0.05, 0) is 12.1 Å². The fourth-order valence-electron chi connectivity index (χ4n) is 1.57. The Morgan fingerprint density at radius 1 is 0.762 bits per heavy atom. The van der Waals surface area contributed by atoms with Crippen LogP contribution in [0.4, 0.5) is 0 Å². The van der Waals surface area contributed by atoms with Crippen molar-refractivity contribution in [2.45, 2.75) is 9.79 Å². The Hall–Kier alpha value is -0.625. The number of benzene rings is 1. The average molecular weight is 320 g/mol. The third-order valence-electron chi connectivity index (χ3n) is 2.26. The summed E-state index contributed by atoms with van der Waals surface area (Å²) in [5, 5.41) is 0. The molecule has 0 bridgehead atoms. The van der Waals surface area contributed by atoms with Crippen LogP contribution in [-0.4, -0.2) is 37.9 Å². The van der Waals surface area contributed by atoms with Crippen LogP contribution in [0, 0.1) is 0 Å². The van der Waals surface area contributed by atoms with Gasteiger partial charge in [0.2, 0.25) is 0 Å². The Kier molecular flexibility index (Phi) is 6.06. The van der Waals surface area contributed by atoms with E-state index < -0.39 is 53.1 Å². The Labute approximate surface area is 142 Å². The van der Waals surface area contributed by atoms with E-state index in [0.717, 1.165) is 0 Å². The van der Waals surface area contributed by atoms with E-state index in [0.29, 0.717) is 12.1 Å². The van der Waals surface area contributed by atoms with Crippen molar-refractivity contribution in [2.75, 3.05) is 0 Å². The molecular formula is C8H2Li2O9S2. The molecule has 1 heterocycles. The summed E-state index contributed by atoms with van der Waals surface area (Å²) in [5.74, 6) is -3.00. The molecule has 0 N–H and O–H groups in total. The Bertz CT molecular complexity index is 757. The minimum atomic E-state index is -5.15. The Balaban J connectivity index is 0.00000200. The predicted molar refractivity (Wildman–Crippen MR) is 52.1 cm³/mol.